The summed E-state index contributed by atoms with van der Waals surface area (Å²) < 4.78 is 53.8. The standard InChI is InChI=1S/C28H36F4N6O/c1-7-25(35-24-11-9-22(10-12-24)27(39)34-14-16-37(5)6)36-26-21(4)33-13-8-15-38(26)18-23(17-19(2)29)20(3)28(30,31)32/h7,9-12,17,33,35H,2-4,8,13-16,18H2,1,5-6H3,(H,34,39)/b23-17-,25-7-,36-26+. The molecule has 1 aliphatic rings. The summed E-state index contributed by atoms with van der Waals surface area (Å²) in [4.78, 5) is 20.5. The van der Waals surface area contributed by atoms with Crippen molar-refractivity contribution in [3.63, 3.8) is 0 Å². The van der Waals surface area contributed by atoms with Gasteiger partial charge in [0.1, 0.15) is 11.6 Å². The van der Waals surface area contributed by atoms with Crippen LogP contribution in [0.15, 0.2) is 89.6 Å². The zero-order valence-electron chi connectivity index (χ0n) is 22.6. The smallest absolute Gasteiger partial charge is 0.382 e. The molecule has 0 unspecified atom stereocenters. The predicted molar refractivity (Wildman–Crippen MR) is 149 cm³/mol. The van der Waals surface area contributed by atoms with Crippen LogP contribution in [0, 0.1) is 0 Å². The molecule has 1 amide bonds. The van der Waals surface area contributed by atoms with Gasteiger partial charge >= 0.3 is 6.18 Å². The minimum Gasteiger partial charge on any atom is -0.382 e. The second kappa shape index (κ2) is 14.3. The molecule has 2 rings (SSSR count). The third kappa shape index (κ3) is 10.1. The maximum atomic E-state index is 13.6. The largest absolute Gasteiger partial charge is 0.416 e. The molecule has 0 aliphatic carbocycles. The summed E-state index contributed by atoms with van der Waals surface area (Å²) in [6, 6.07) is 6.80. The Bertz CT molecular complexity index is 1150. The summed E-state index contributed by atoms with van der Waals surface area (Å²) >= 11 is 0. The zero-order chi connectivity index (χ0) is 29.2. The van der Waals surface area contributed by atoms with Crippen LogP contribution in [0.1, 0.15) is 23.7 Å². The number of anilines is 1. The Kier molecular flexibility index (Phi) is 11.5. The van der Waals surface area contributed by atoms with E-state index in [0.717, 1.165) is 12.6 Å². The normalized spacial score (nSPS) is 16.2. The molecular weight excluding hydrogens is 512 g/mol. The Morgan fingerprint density at radius 2 is 1.90 bits per heavy atom. The second-order valence-corrected chi connectivity index (χ2v) is 9.14. The zero-order valence-corrected chi connectivity index (χ0v) is 22.6. The van der Waals surface area contributed by atoms with Gasteiger partial charge in [-0.25, -0.2) is 9.38 Å². The molecule has 11 heteroatoms. The Morgan fingerprint density at radius 1 is 1.23 bits per heavy atom. The van der Waals surface area contributed by atoms with E-state index in [1.807, 2.05) is 19.0 Å². The highest BCUT2D eigenvalue weighted by Crippen LogP contribution is 2.31. The molecule has 212 valence electrons. The number of amides is 1. The number of carbonyl (C=O) groups excluding carboxylic acids is 1. The van der Waals surface area contributed by atoms with Crippen LogP contribution in [0.5, 0.6) is 0 Å². The highest BCUT2D eigenvalue weighted by molar-refractivity contribution is 5.98. The Labute approximate surface area is 227 Å². The predicted octanol–water partition coefficient (Wildman–Crippen LogP) is 4.99. The van der Waals surface area contributed by atoms with Crippen molar-refractivity contribution >= 4 is 17.4 Å². The molecule has 0 bridgehead atoms. The first-order chi connectivity index (χ1) is 18.3. The van der Waals surface area contributed by atoms with Gasteiger partial charge in [0.2, 0.25) is 0 Å². The van der Waals surface area contributed by atoms with E-state index in [9.17, 15) is 22.4 Å². The Hall–Kier alpha value is -3.86. The number of rotatable bonds is 11. The summed E-state index contributed by atoms with van der Waals surface area (Å²) in [5, 5.41) is 9.11. The van der Waals surface area contributed by atoms with Gasteiger partial charge in [-0.3, -0.25) is 4.79 Å². The monoisotopic (exact) mass is 548 g/mol. The van der Waals surface area contributed by atoms with Crippen LogP contribution in [0.25, 0.3) is 0 Å². The quantitative estimate of drug-likeness (QED) is 0.269. The van der Waals surface area contributed by atoms with E-state index in [1.165, 1.54) is 0 Å². The maximum Gasteiger partial charge on any atom is 0.416 e. The summed E-state index contributed by atoms with van der Waals surface area (Å²) in [5.74, 6) is -0.494. The van der Waals surface area contributed by atoms with Crippen molar-refractivity contribution in [1.29, 1.82) is 0 Å². The molecule has 3 N–H and O–H groups in total. The van der Waals surface area contributed by atoms with Crippen molar-refractivity contribution in [2.24, 2.45) is 4.99 Å². The van der Waals surface area contributed by atoms with Crippen molar-refractivity contribution < 1.29 is 22.4 Å². The average Bonchev–Trinajstić information content (AvgIpc) is 3.02. The number of amidine groups is 1. The number of allylic oxidation sites excluding steroid dienone is 3. The Balaban J connectivity index is 2.27. The van der Waals surface area contributed by atoms with Crippen molar-refractivity contribution in [2.75, 3.05) is 52.1 Å². The number of halogens is 4. The lowest BCUT2D eigenvalue weighted by Crippen LogP contribution is -2.36. The molecule has 1 heterocycles. The number of nitrogens with zero attached hydrogens (tertiary/aromatic N) is 3. The molecular formula is C28H36F4N6O. The Morgan fingerprint density at radius 3 is 2.46 bits per heavy atom. The van der Waals surface area contributed by atoms with E-state index >= 15 is 0 Å². The lowest BCUT2D eigenvalue weighted by molar-refractivity contribution is -0.0892. The fourth-order valence-electron chi connectivity index (χ4n) is 3.61. The van der Waals surface area contributed by atoms with E-state index in [2.05, 4.69) is 40.7 Å². The number of hydrogen-bond acceptors (Lipinski definition) is 5. The van der Waals surface area contributed by atoms with Gasteiger partial charge in [-0.1, -0.05) is 19.7 Å². The maximum absolute atomic E-state index is 13.6. The molecule has 1 aromatic carbocycles. The van der Waals surface area contributed by atoms with Crippen molar-refractivity contribution in [1.82, 2.24) is 20.4 Å². The van der Waals surface area contributed by atoms with Crippen molar-refractivity contribution in [2.45, 2.75) is 19.5 Å². The molecule has 1 aliphatic heterocycles. The summed E-state index contributed by atoms with van der Waals surface area (Å²) in [7, 11) is 3.84. The minimum absolute atomic E-state index is 0.188. The molecule has 39 heavy (non-hydrogen) atoms. The van der Waals surface area contributed by atoms with Crippen LogP contribution in [-0.4, -0.2) is 74.5 Å². The van der Waals surface area contributed by atoms with Crippen LogP contribution in [-0.2, 0) is 0 Å². The number of hydrogen-bond donors (Lipinski definition) is 3. The van der Waals surface area contributed by atoms with Crippen molar-refractivity contribution in [3.8, 4) is 0 Å². The molecule has 1 saturated heterocycles. The van der Waals surface area contributed by atoms with Gasteiger partial charge < -0.3 is 25.8 Å². The van der Waals surface area contributed by atoms with Gasteiger partial charge in [0.15, 0.2) is 5.84 Å². The van der Waals surface area contributed by atoms with Gasteiger partial charge in [0.05, 0.1) is 11.3 Å². The highest BCUT2D eigenvalue weighted by Gasteiger charge is 2.35. The van der Waals surface area contributed by atoms with E-state index in [1.54, 1.807) is 42.2 Å². The molecule has 0 atom stereocenters. The topological polar surface area (TPSA) is 72.0 Å². The first kappa shape index (κ1) is 31.4. The van der Waals surface area contributed by atoms with E-state index in [-0.39, 0.29) is 18.0 Å². The van der Waals surface area contributed by atoms with Gasteiger partial charge in [-0.15, -0.1) is 0 Å². The number of likely N-dealkylation sites (N-methyl/N-ethyl adjacent to an activating group) is 1. The van der Waals surface area contributed by atoms with E-state index < -0.39 is 17.6 Å². The second-order valence-electron chi connectivity index (χ2n) is 9.14. The average molecular weight is 549 g/mol. The molecule has 0 saturated carbocycles. The van der Waals surface area contributed by atoms with Gasteiger partial charge in [0, 0.05) is 44.0 Å². The number of aliphatic imine (C=N–C) groups is 1. The fourth-order valence-corrected chi connectivity index (χ4v) is 3.61. The van der Waals surface area contributed by atoms with Crippen LogP contribution in [0.3, 0.4) is 0 Å². The first-order valence-corrected chi connectivity index (χ1v) is 12.4. The number of benzene rings is 1. The summed E-state index contributed by atoms with van der Waals surface area (Å²) in [6.45, 7) is 13.8. The van der Waals surface area contributed by atoms with E-state index in [0.29, 0.717) is 54.7 Å². The number of alkyl halides is 3. The molecule has 7 nitrogen and oxygen atoms in total. The van der Waals surface area contributed by atoms with Gasteiger partial charge in [-0.05, 0) is 69.4 Å². The molecule has 0 aromatic heterocycles. The van der Waals surface area contributed by atoms with E-state index in [4.69, 9.17) is 0 Å². The highest BCUT2D eigenvalue weighted by atomic mass is 19.4. The third-order valence-corrected chi connectivity index (χ3v) is 5.70. The molecule has 0 spiro atoms. The first-order valence-electron chi connectivity index (χ1n) is 12.4. The number of carbonyl (C=O) groups is 1. The van der Waals surface area contributed by atoms with Crippen molar-refractivity contribution in [3.05, 3.63) is 90.2 Å². The van der Waals surface area contributed by atoms with Crippen LogP contribution in [0.2, 0.25) is 0 Å². The molecule has 0 radical (unpaired) electrons. The van der Waals surface area contributed by atoms with Gasteiger partial charge in [-0.2, -0.15) is 13.2 Å². The van der Waals surface area contributed by atoms with Crippen LogP contribution in [0.4, 0.5) is 23.2 Å². The molecule has 1 aromatic rings. The minimum atomic E-state index is -4.73. The SMILES string of the molecule is C=C(F)/C=C(/CN1CCCNC(=C)/C1=N\C(=C/C)Nc1ccc(C(=O)NCCN(C)C)cc1)C(=C)C(F)(F)F. The lowest BCUT2D eigenvalue weighted by atomic mass is 10.1. The molecule has 1 fully saturated rings. The summed E-state index contributed by atoms with van der Waals surface area (Å²) in [6.07, 6.45) is -1.70. The van der Waals surface area contributed by atoms with Gasteiger partial charge in [0.25, 0.3) is 5.91 Å². The van der Waals surface area contributed by atoms with Crippen LogP contribution >= 0.6 is 0 Å². The van der Waals surface area contributed by atoms with Crippen LogP contribution < -0.4 is 16.0 Å². The lowest BCUT2D eigenvalue weighted by Gasteiger charge is -2.27. The number of nitrogens with one attached hydrogen (secondary N) is 3. The fraction of sp³-hybridized carbons (Fsp3) is 0.357. The third-order valence-electron chi connectivity index (χ3n) is 5.70. The summed E-state index contributed by atoms with van der Waals surface area (Å²) in [5.41, 5.74) is 0.0505.